The minimum absolute atomic E-state index is 0.271. The summed E-state index contributed by atoms with van der Waals surface area (Å²) in [6.45, 7) is 1.66. The highest BCUT2D eigenvalue weighted by Crippen LogP contribution is 2.32. The molecule has 0 atom stereocenters. The van der Waals surface area contributed by atoms with Crippen molar-refractivity contribution < 1.29 is 14.3 Å². The van der Waals surface area contributed by atoms with E-state index in [9.17, 15) is 9.59 Å². The van der Waals surface area contributed by atoms with E-state index in [0.29, 0.717) is 27.8 Å². The first kappa shape index (κ1) is 19.7. The number of halogens is 2. The largest absolute Gasteiger partial charge is 0.488 e. The fourth-order valence-corrected chi connectivity index (χ4v) is 3.71. The first-order valence-electron chi connectivity index (χ1n) is 7.88. The summed E-state index contributed by atoms with van der Waals surface area (Å²) in [5.74, 6) is -0.0747. The first-order valence-corrected chi connectivity index (χ1v) is 9.87. The predicted molar refractivity (Wildman–Crippen MR) is 112 cm³/mol. The number of amides is 2. The van der Waals surface area contributed by atoms with E-state index in [1.54, 1.807) is 12.1 Å². The average molecular weight is 466 g/mol. The minimum Gasteiger partial charge on any atom is -0.488 e. The zero-order chi connectivity index (χ0) is 19.4. The molecule has 0 fully saturated rings. The predicted octanol–water partition coefficient (Wildman–Crippen LogP) is 4.79. The molecule has 0 radical (unpaired) electrons. The van der Waals surface area contributed by atoms with Gasteiger partial charge >= 0.3 is 0 Å². The van der Waals surface area contributed by atoms with Gasteiger partial charge in [0, 0.05) is 27.5 Å². The lowest BCUT2D eigenvalue weighted by atomic mass is 10.2. The number of carbonyl (C=O) groups excluding carboxylic acids is 2. The molecule has 0 saturated heterocycles. The normalized spacial score (nSPS) is 15.0. The monoisotopic (exact) mass is 464 g/mol. The van der Waals surface area contributed by atoms with E-state index in [1.165, 1.54) is 6.92 Å². The molecule has 27 heavy (non-hydrogen) atoms. The van der Waals surface area contributed by atoms with Crippen molar-refractivity contribution in [3.8, 4) is 5.75 Å². The maximum atomic E-state index is 12.1. The molecule has 0 bridgehead atoms. The van der Waals surface area contributed by atoms with Crippen LogP contribution in [0.3, 0.4) is 0 Å². The molecule has 8 heteroatoms. The number of benzene rings is 2. The molecule has 0 unspecified atom stereocenters. The fraction of sp³-hybridized carbons (Fsp3) is 0.105. The van der Waals surface area contributed by atoms with Crippen LogP contribution in [0.5, 0.6) is 5.75 Å². The van der Waals surface area contributed by atoms with E-state index in [0.717, 1.165) is 21.8 Å². The maximum absolute atomic E-state index is 12.1. The third-order valence-corrected chi connectivity index (χ3v) is 5.26. The molecule has 5 nitrogen and oxygen atoms in total. The molecular formula is C19H14BrClN2O3S. The van der Waals surface area contributed by atoms with Crippen molar-refractivity contribution in [3.63, 3.8) is 0 Å². The summed E-state index contributed by atoms with van der Waals surface area (Å²) in [5, 5.41) is 3.42. The number of nitrogens with one attached hydrogen (secondary N) is 1. The van der Waals surface area contributed by atoms with Gasteiger partial charge in [-0.1, -0.05) is 45.7 Å². The number of ether oxygens (including phenoxy) is 1. The molecule has 0 aliphatic carbocycles. The molecule has 3 rings (SSSR count). The van der Waals surface area contributed by atoms with Gasteiger partial charge in [-0.25, -0.2) is 0 Å². The number of hydrogen-bond donors (Lipinski definition) is 1. The van der Waals surface area contributed by atoms with Gasteiger partial charge in [-0.15, -0.1) is 0 Å². The Kier molecular flexibility index (Phi) is 6.36. The second-order valence-corrected chi connectivity index (χ2v) is 7.93. The molecular weight excluding hydrogens is 452 g/mol. The molecule has 1 N–H and O–H groups in total. The van der Waals surface area contributed by atoms with Crippen molar-refractivity contribution >= 4 is 62.4 Å². The van der Waals surface area contributed by atoms with Crippen molar-refractivity contribution in [1.29, 1.82) is 0 Å². The highest BCUT2D eigenvalue weighted by atomic mass is 79.9. The van der Waals surface area contributed by atoms with Crippen molar-refractivity contribution in [2.75, 3.05) is 0 Å². The molecule has 1 heterocycles. The Morgan fingerprint density at radius 1 is 1.33 bits per heavy atom. The third kappa shape index (κ3) is 5.22. The van der Waals surface area contributed by atoms with E-state index in [2.05, 4.69) is 26.2 Å². The molecule has 1 aliphatic heterocycles. The van der Waals surface area contributed by atoms with E-state index < -0.39 is 5.91 Å². The Labute approximate surface area is 174 Å². The Balaban J connectivity index is 1.82. The third-order valence-electron chi connectivity index (χ3n) is 3.50. The van der Waals surface area contributed by atoms with Crippen LogP contribution in [0.1, 0.15) is 18.1 Å². The molecule has 1 aliphatic rings. The second-order valence-electron chi connectivity index (χ2n) is 5.58. The molecule has 0 spiro atoms. The standard InChI is InChI=1S/C19H14BrClN2O3S/c1-11(24)22-19-23-18(25)17(27-19)9-13-8-14(20)6-7-16(13)26-10-12-4-2-3-5-15(12)21/h2-9H,10H2,1H3,(H,22,23,24,25)/b17-9+. The second kappa shape index (κ2) is 8.73. The first-order chi connectivity index (χ1) is 12.9. The summed E-state index contributed by atoms with van der Waals surface area (Å²) in [4.78, 5) is 27.5. The lowest BCUT2D eigenvalue weighted by molar-refractivity contribution is -0.117. The highest BCUT2D eigenvalue weighted by molar-refractivity contribution is 9.10. The SMILES string of the molecule is CC(=O)NC1=NC(=O)/C(=C\c2cc(Br)ccc2OCc2ccccc2Cl)S1. The van der Waals surface area contributed by atoms with Crippen LogP contribution in [0.4, 0.5) is 0 Å². The van der Waals surface area contributed by atoms with Crippen LogP contribution in [0.25, 0.3) is 6.08 Å². The van der Waals surface area contributed by atoms with Crippen molar-refractivity contribution in [2.45, 2.75) is 13.5 Å². The molecule has 2 aromatic carbocycles. The van der Waals surface area contributed by atoms with E-state index in [4.69, 9.17) is 16.3 Å². The lowest BCUT2D eigenvalue weighted by Crippen LogP contribution is -2.23. The van der Waals surface area contributed by atoms with E-state index in [1.807, 2.05) is 36.4 Å². The topological polar surface area (TPSA) is 67.8 Å². The van der Waals surface area contributed by atoms with Gasteiger partial charge in [0.05, 0.1) is 4.91 Å². The summed E-state index contributed by atoms with van der Waals surface area (Å²) in [7, 11) is 0. The average Bonchev–Trinajstić information content (AvgIpc) is 2.94. The Hall–Kier alpha value is -2.09. The number of amidine groups is 1. The van der Waals surface area contributed by atoms with Gasteiger partial charge in [0.25, 0.3) is 5.91 Å². The van der Waals surface area contributed by atoms with Gasteiger partial charge in [-0.05, 0) is 42.1 Å². The van der Waals surface area contributed by atoms with Crippen LogP contribution < -0.4 is 10.1 Å². The Morgan fingerprint density at radius 3 is 2.85 bits per heavy atom. The van der Waals surface area contributed by atoms with Crippen LogP contribution in [-0.2, 0) is 16.2 Å². The summed E-state index contributed by atoms with van der Waals surface area (Å²) in [6, 6.07) is 13.0. The van der Waals surface area contributed by atoms with Crippen LogP contribution in [0, 0.1) is 0 Å². The number of aliphatic imine (C=N–C) groups is 1. The lowest BCUT2D eigenvalue weighted by Gasteiger charge is -2.11. The molecule has 138 valence electrons. The number of nitrogens with zero attached hydrogens (tertiary/aromatic N) is 1. The zero-order valence-electron chi connectivity index (χ0n) is 14.2. The van der Waals surface area contributed by atoms with Crippen LogP contribution >= 0.6 is 39.3 Å². The quantitative estimate of drug-likeness (QED) is 0.659. The van der Waals surface area contributed by atoms with Crippen molar-refractivity contribution in [2.24, 2.45) is 4.99 Å². The smallest absolute Gasteiger partial charge is 0.286 e. The van der Waals surface area contributed by atoms with E-state index in [-0.39, 0.29) is 11.1 Å². The van der Waals surface area contributed by atoms with E-state index >= 15 is 0 Å². The summed E-state index contributed by atoms with van der Waals surface area (Å²) < 4.78 is 6.76. The maximum Gasteiger partial charge on any atom is 0.286 e. The summed E-state index contributed by atoms with van der Waals surface area (Å²) in [5.41, 5.74) is 1.58. The minimum atomic E-state index is -0.402. The van der Waals surface area contributed by atoms with Gasteiger partial charge < -0.3 is 10.1 Å². The van der Waals surface area contributed by atoms with Crippen LogP contribution in [-0.4, -0.2) is 17.0 Å². The molecule has 0 saturated carbocycles. The Morgan fingerprint density at radius 2 is 2.11 bits per heavy atom. The van der Waals surface area contributed by atoms with Crippen LogP contribution in [0.15, 0.2) is 56.8 Å². The Bertz CT molecular complexity index is 975. The zero-order valence-corrected chi connectivity index (χ0v) is 17.3. The number of thioether (sulfide) groups is 1. The molecule has 0 aromatic heterocycles. The van der Waals surface area contributed by atoms with Crippen LogP contribution in [0.2, 0.25) is 5.02 Å². The number of rotatable bonds is 4. The van der Waals surface area contributed by atoms with Crippen molar-refractivity contribution in [1.82, 2.24) is 5.32 Å². The van der Waals surface area contributed by atoms with Gasteiger partial charge in [0.1, 0.15) is 12.4 Å². The highest BCUT2D eigenvalue weighted by Gasteiger charge is 2.23. The summed E-state index contributed by atoms with van der Waals surface area (Å²) >= 11 is 10.7. The molecule has 2 amide bonds. The van der Waals surface area contributed by atoms with Gasteiger partial charge in [-0.3, -0.25) is 9.59 Å². The summed E-state index contributed by atoms with van der Waals surface area (Å²) in [6.07, 6.45) is 1.69. The molecule has 2 aromatic rings. The fourth-order valence-electron chi connectivity index (χ4n) is 2.29. The number of hydrogen-bond acceptors (Lipinski definition) is 4. The van der Waals surface area contributed by atoms with Gasteiger partial charge in [0.15, 0.2) is 5.17 Å². The number of carbonyl (C=O) groups is 2. The van der Waals surface area contributed by atoms with Crippen molar-refractivity contribution in [3.05, 3.63) is 68.0 Å². The van der Waals surface area contributed by atoms with Gasteiger partial charge in [0.2, 0.25) is 5.91 Å². The van der Waals surface area contributed by atoms with Gasteiger partial charge in [-0.2, -0.15) is 4.99 Å².